The van der Waals surface area contributed by atoms with Gasteiger partial charge in [-0.05, 0) is 67.1 Å². The molecule has 0 unspecified atom stereocenters. The molecule has 6 rings (SSSR count). The van der Waals surface area contributed by atoms with Crippen LogP contribution in [0.3, 0.4) is 0 Å². The topological polar surface area (TPSA) is 175 Å². The number of benzene rings is 1. The lowest BCUT2D eigenvalue weighted by molar-refractivity contribution is -0.142. The van der Waals surface area contributed by atoms with E-state index in [0.29, 0.717) is 39.0 Å². The molecule has 3 heterocycles. The number of sulfonamides is 1. The van der Waals surface area contributed by atoms with Crippen LogP contribution in [0.5, 0.6) is 0 Å². The number of hydrogen-bond acceptors (Lipinski definition) is 8. The second kappa shape index (κ2) is 14.9. The van der Waals surface area contributed by atoms with E-state index in [9.17, 15) is 32.4 Å². The molecule has 3 fully saturated rings. The van der Waals surface area contributed by atoms with Gasteiger partial charge in [-0.15, -0.1) is 6.58 Å². The third-order valence-corrected chi connectivity index (χ3v) is 13.1. The summed E-state index contributed by atoms with van der Waals surface area (Å²) in [7, 11) is -3.90. The summed E-state index contributed by atoms with van der Waals surface area (Å²) in [6.07, 6.45) is 5.26. The molecule has 0 radical (unpaired) electrons. The Kier molecular flexibility index (Phi) is 10.9. The summed E-state index contributed by atoms with van der Waals surface area (Å²) in [6, 6.07) is 3.50. The second-order valence-electron chi connectivity index (χ2n) is 16.4. The molecule has 6 amide bonds. The fourth-order valence-corrected chi connectivity index (χ4v) is 9.24. The Morgan fingerprint density at radius 2 is 1.83 bits per heavy atom. The van der Waals surface area contributed by atoms with Gasteiger partial charge >= 0.3 is 12.1 Å². The summed E-state index contributed by atoms with van der Waals surface area (Å²) in [6.45, 7) is 12.9. The van der Waals surface area contributed by atoms with Crippen LogP contribution in [0.1, 0.15) is 95.8 Å². The van der Waals surface area contributed by atoms with Crippen molar-refractivity contribution in [2.75, 3.05) is 19.6 Å². The predicted octanol–water partition coefficient (Wildman–Crippen LogP) is 3.34. The maximum atomic E-state index is 14.6. The van der Waals surface area contributed by atoms with Crippen LogP contribution >= 0.6 is 0 Å². The van der Waals surface area contributed by atoms with E-state index in [4.69, 9.17) is 4.74 Å². The van der Waals surface area contributed by atoms with E-state index in [1.54, 1.807) is 9.80 Å². The molecule has 290 valence electrons. The smallest absolute Gasteiger partial charge is 0.410 e. The molecule has 1 aromatic rings. The maximum Gasteiger partial charge on any atom is 0.410 e. The van der Waals surface area contributed by atoms with Crippen molar-refractivity contribution in [3.63, 3.8) is 0 Å². The number of aryl methyl sites for hydroxylation is 1. The number of rotatable bonds is 8. The monoisotopic (exact) mass is 754 g/mol. The predicted molar refractivity (Wildman–Crippen MR) is 197 cm³/mol. The Hall–Kier alpha value is -4.14. The van der Waals surface area contributed by atoms with E-state index in [0.717, 1.165) is 43.2 Å². The highest BCUT2D eigenvalue weighted by atomic mass is 32.2. The first kappa shape index (κ1) is 38.6. The summed E-state index contributed by atoms with van der Waals surface area (Å²) >= 11 is 0. The third-order valence-electron chi connectivity index (χ3n) is 11.2. The first-order valence-corrected chi connectivity index (χ1v) is 20.5. The van der Waals surface area contributed by atoms with Gasteiger partial charge in [-0.25, -0.2) is 18.0 Å². The van der Waals surface area contributed by atoms with Gasteiger partial charge in [-0.1, -0.05) is 58.4 Å². The molecule has 1 saturated heterocycles. The van der Waals surface area contributed by atoms with Crippen molar-refractivity contribution in [2.45, 2.75) is 128 Å². The minimum absolute atomic E-state index is 0.0566. The normalized spacial score (nSPS) is 28.3. The number of urea groups is 1. The Bertz CT molecular complexity index is 1760. The molecule has 15 heteroatoms. The molecule has 3 aliphatic heterocycles. The van der Waals surface area contributed by atoms with Crippen molar-refractivity contribution in [1.29, 1.82) is 0 Å². The summed E-state index contributed by atoms with van der Waals surface area (Å²) in [5.41, 5.74) is 1.01. The lowest BCUT2D eigenvalue weighted by Crippen LogP contribution is -2.61. The Morgan fingerprint density at radius 3 is 2.49 bits per heavy atom. The number of ether oxygens (including phenoxy) is 1. The number of carbonyl (C=O) groups excluding carboxylic acids is 5. The van der Waals surface area contributed by atoms with Gasteiger partial charge in [0.05, 0.1) is 11.8 Å². The van der Waals surface area contributed by atoms with Crippen LogP contribution in [-0.2, 0) is 48.7 Å². The van der Waals surface area contributed by atoms with Crippen LogP contribution < -0.4 is 15.4 Å². The molecule has 0 aromatic heterocycles. The maximum absolute atomic E-state index is 14.6. The Labute approximate surface area is 312 Å². The molecule has 2 saturated carbocycles. The lowest BCUT2D eigenvalue weighted by atomic mass is 9.85. The van der Waals surface area contributed by atoms with E-state index in [-0.39, 0.29) is 25.4 Å². The van der Waals surface area contributed by atoms with Crippen molar-refractivity contribution >= 4 is 39.9 Å². The van der Waals surface area contributed by atoms with Gasteiger partial charge in [0.25, 0.3) is 5.91 Å². The highest BCUT2D eigenvalue weighted by Gasteiger charge is 2.62. The Balaban J connectivity index is 1.30. The first-order chi connectivity index (χ1) is 25.1. The largest absolute Gasteiger partial charge is 0.444 e. The first-order valence-electron chi connectivity index (χ1n) is 19.0. The van der Waals surface area contributed by atoms with Crippen LogP contribution in [0.2, 0.25) is 0 Å². The number of nitrogens with one attached hydrogen (secondary N) is 3. The van der Waals surface area contributed by atoms with Crippen LogP contribution in [0.4, 0.5) is 9.59 Å². The van der Waals surface area contributed by atoms with Gasteiger partial charge in [0, 0.05) is 38.5 Å². The van der Waals surface area contributed by atoms with Gasteiger partial charge in [0.1, 0.15) is 23.7 Å². The van der Waals surface area contributed by atoms with Crippen LogP contribution in [-0.4, -0.2) is 102 Å². The summed E-state index contributed by atoms with van der Waals surface area (Å²) < 4.78 is 33.6. The van der Waals surface area contributed by atoms with Crippen molar-refractivity contribution in [2.24, 2.45) is 11.3 Å². The van der Waals surface area contributed by atoms with Crippen molar-refractivity contribution in [3.05, 3.63) is 47.5 Å². The number of hydrogen-bond donors (Lipinski definition) is 3. The quantitative estimate of drug-likeness (QED) is 0.339. The van der Waals surface area contributed by atoms with Crippen LogP contribution in [0, 0.1) is 11.3 Å². The molecule has 5 aliphatic rings. The lowest BCUT2D eigenvalue weighted by Gasteiger charge is -2.37. The second-order valence-corrected chi connectivity index (χ2v) is 18.3. The van der Waals surface area contributed by atoms with E-state index in [2.05, 4.69) is 28.0 Å². The van der Waals surface area contributed by atoms with Crippen LogP contribution in [0.15, 0.2) is 30.9 Å². The van der Waals surface area contributed by atoms with Crippen LogP contribution in [0.25, 0.3) is 0 Å². The zero-order valence-corrected chi connectivity index (χ0v) is 32.1. The molecule has 1 aromatic carbocycles. The van der Waals surface area contributed by atoms with E-state index in [1.807, 2.05) is 39.8 Å². The van der Waals surface area contributed by atoms with E-state index < -0.39 is 74.1 Å². The minimum atomic E-state index is -3.90. The minimum Gasteiger partial charge on any atom is -0.444 e. The molecule has 0 spiro atoms. The number of carbonyl (C=O) groups is 5. The number of amides is 6. The molecular formula is C38H54N6O8S. The van der Waals surface area contributed by atoms with Crippen molar-refractivity contribution in [3.8, 4) is 0 Å². The van der Waals surface area contributed by atoms with Gasteiger partial charge < -0.3 is 25.2 Å². The summed E-state index contributed by atoms with van der Waals surface area (Å²) in [5.74, 6) is -2.59. The van der Waals surface area contributed by atoms with E-state index >= 15 is 0 Å². The summed E-state index contributed by atoms with van der Waals surface area (Å²) in [5, 5.41) is 5.11. The fraction of sp³-hybridized carbons (Fsp3) is 0.658. The molecular weight excluding hydrogens is 701 g/mol. The van der Waals surface area contributed by atoms with Crippen molar-refractivity contribution in [1.82, 2.24) is 30.1 Å². The summed E-state index contributed by atoms with van der Waals surface area (Å²) in [4.78, 5) is 74.5. The average Bonchev–Trinajstić information content (AvgIpc) is 3.99. The zero-order chi connectivity index (χ0) is 38.3. The van der Waals surface area contributed by atoms with Gasteiger partial charge in [-0.2, -0.15) is 0 Å². The fourth-order valence-electron chi connectivity index (χ4n) is 7.87. The highest BCUT2D eigenvalue weighted by molar-refractivity contribution is 7.91. The highest BCUT2D eigenvalue weighted by Crippen LogP contribution is 2.45. The molecule has 53 heavy (non-hydrogen) atoms. The standard InChI is InChI=1S/C38H54N6O8S/c1-6-17-42-18-10-8-9-12-24-13-11-14-25-21-43(23-29(24)25)36(49)52-27-19-30(44(22-27)33(46)31(37(3,4)5)39-35(42)48)32(45)40-38(20-26(38)7-2)34(47)41-53(50,51)28-15-16-28/h7,11,13-14,26-28,30-31H,2,6,8-10,12,15-23H2,1,3-5H3,(H,39,48)(H,40,45)(H,41,47)/t26-,27-,30+,31-,38-/m1/s1. The molecule has 3 N–H and O–H groups in total. The molecule has 2 aliphatic carbocycles. The number of nitrogens with zero attached hydrogens (tertiary/aromatic N) is 3. The zero-order valence-electron chi connectivity index (χ0n) is 31.3. The average molecular weight is 755 g/mol. The van der Waals surface area contributed by atoms with E-state index in [1.165, 1.54) is 16.5 Å². The SMILES string of the molecule is C=C[C@@H]1C[C@]1(NC(=O)[C@@H]1C[C@@H]2CN1C(=O)[C@H](C(C)(C)C)NC(=O)N(CCC)CCCCCc1cccc3c1CN(C3)C(=O)O2)C(=O)NS(=O)(=O)C1CC1. The van der Waals surface area contributed by atoms with Crippen molar-refractivity contribution < 1.29 is 37.1 Å². The van der Waals surface area contributed by atoms with Gasteiger partial charge in [0.15, 0.2) is 0 Å². The van der Waals surface area contributed by atoms with Gasteiger partial charge in [0.2, 0.25) is 21.8 Å². The molecule has 5 atom stereocenters. The Morgan fingerprint density at radius 1 is 1.09 bits per heavy atom. The third kappa shape index (κ3) is 8.19. The molecule has 4 bridgehead atoms. The number of fused-ring (bicyclic) bond motifs is 3. The van der Waals surface area contributed by atoms with Gasteiger partial charge in [-0.3, -0.25) is 24.0 Å². The molecule has 14 nitrogen and oxygen atoms in total.